The Labute approximate surface area is 156 Å². The minimum atomic E-state index is -0.130. The number of amides is 1. The molecule has 5 heteroatoms. The Balaban J connectivity index is 1.48. The van der Waals surface area contributed by atoms with Crippen LogP contribution in [0.5, 0.6) is 0 Å². The number of esters is 1. The number of rotatable bonds is 5. The van der Waals surface area contributed by atoms with E-state index in [4.69, 9.17) is 4.74 Å². The van der Waals surface area contributed by atoms with Gasteiger partial charge in [-0.3, -0.25) is 14.5 Å². The Kier molecular flexibility index (Phi) is 6.30. The number of carbonyl (C=O) groups excluding carboxylic acids is 2. The average molecular weight is 358 g/mol. The van der Waals surface area contributed by atoms with Crippen molar-refractivity contribution in [2.45, 2.75) is 51.5 Å². The molecule has 1 heterocycles. The molecule has 1 aromatic carbocycles. The molecular weight excluding hydrogens is 328 g/mol. The molecule has 5 nitrogen and oxygen atoms in total. The lowest BCUT2D eigenvalue weighted by Gasteiger charge is -2.30. The third-order valence-corrected chi connectivity index (χ3v) is 5.74. The number of hydrogen-bond donors (Lipinski definition) is 1. The maximum absolute atomic E-state index is 12.4. The molecular formula is C21H30N2O3. The van der Waals surface area contributed by atoms with Crippen molar-refractivity contribution in [3.63, 3.8) is 0 Å². The van der Waals surface area contributed by atoms with E-state index in [9.17, 15) is 9.59 Å². The minimum absolute atomic E-state index is 0.0161. The van der Waals surface area contributed by atoms with Gasteiger partial charge in [0.25, 0.3) is 0 Å². The van der Waals surface area contributed by atoms with Crippen molar-refractivity contribution in [1.82, 2.24) is 10.2 Å². The molecule has 0 radical (unpaired) electrons. The normalized spacial score (nSPS) is 19.5. The summed E-state index contributed by atoms with van der Waals surface area (Å²) < 4.78 is 4.81. The molecule has 1 fully saturated rings. The van der Waals surface area contributed by atoms with Crippen LogP contribution in [0.2, 0.25) is 0 Å². The van der Waals surface area contributed by atoms with Crippen molar-refractivity contribution >= 4 is 11.9 Å². The highest BCUT2D eigenvalue weighted by Crippen LogP contribution is 2.25. The van der Waals surface area contributed by atoms with Crippen molar-refractivity contribution in [2.75, 3.05) is 26.7 Å². The predicted octanol–water partition coefficient (Wildman–Crippen LogP) is 2.63. The Morgan fingerprint density at radius 2 is 1.88 bits per heavy atom. The molecule has 0 bridgehead atoms. The Bertz CT molecular complexity index is 651. The summed E-state index contributed by atoms with van der Waals surface area (Å²) in [6.45, 7) is 3.97. The SMILES string of the molecule is COC(=O)C1CCN(CC(=O)N[C@@H](C)c2ccc3c(c2)CCCC3)CC1. The fourth-order valence-electron chi connectivity index (χ4n) is 4.09. The largest absolute Gasteiger partial charge is 0.469 e. The van der Waals surface area contributed by atoms with E-state index in [-0.39, 0.29) is 23.8 Å². The lowest BCUT2D eigenvalue weighted by molar-refractivity contribution is -0.147. The summed E-state index contributed by atoms with van der Waals surface area (Å²) in [4.78, 5) is 26.1. The average Bonchev–Trinajstić information content (AvgIpc) is 2.67. The van der Waals surface area contributed by atoms with Crippen molar-refractivity contribution in [2.24, 2.45) is 5.92 Å². The van der Waals surface area contributed by atoms with Crippen LogP contribution in [0.1, 0.15) is 55.3 Å². The van der Waals surface area contributed by atoms with Crippen LogP contribution >= 0.6 is 0 Å². The molecule has 1 aliphatic heterocycles. The number of fused-ring (bicyclic) bond motifs is 1. The van der Waals surface area contributed by atoms with E-state index in [2.05, 4.69) is 28.4 Å². The Morgan fingerprint density at radius 3 is 2.58 bits per heavy atom. The first-order valence-corrected chi connectivity index (χ1v) is 9.78. The van der Waals surface area contributed by atoms with E-state index >= 15 is 0 Å². The number of ether oxygens (including phenoxy) is 1. The van der Waals surface area contributed by atoms with Crippen molar-refractivity contribution < 1.29 is 14.3 Å². The molecule has 0 spiro atoms. The van der Waals surface area contributed by atoms with Crippen LogP contribution in [0.3, 0.4) is 0 Å². The highest BCUT2D eigenvalue weighted by atomic mass is 16.5. The van der Waals surface area contributed by atoms with E-state index in [1.165, 1.54) is 43.1 Å². The monoisotopic (exact) mass is 358 g/mol. The maximum atomic E-state index is 12.4. The topological polar surface area (TPSA) is 58.6 Å². The molecule has 142 valence electrons. The summed E-state index contributed by atoms with van der Waals surface area (Å²) in [5, 5.41) is 3.12. The highest BCUT2D eigenvalue weighted by Gasteiger charge is 2.26. The summed E-state index contributed by atoms with van der Waals surface area (Å²) in [5.74, 6) is -0.101. The van der Waals surface area contributed by atoms with Gasteiger partial charge in [-0.05, 0) is 75.2 Å². The standard InChI is InChI=1S/C21H30N2O3/c1-15(18-8-7-16-5-3-4-6-19(16)13-18)22-20(24)14-23-11-9-17(10-12-23)21(25)26-2/h7-8,13,15,17H,3-6,9-12,14H2,1-2H3,(H,22,24)/t15-/m0/s1. The second-order valence-corrected chi connectivity index (χ2v) is 7.60. The van der Waals surface area contributed by atoms with Crippen molar-refractivity contribution in [3.05, 3.63) is 34.9 Å². The number of carbonyl (C=O) groups is 2. The molecule has 0 unspecified atom stereocenters. The number of nitrogens with zero attached hydrogens (tertiary/aromatic N) is 1. The number of nitrogens with one attached hydrogen (secondary N) is 1. The third kappa shape index (κ3) is 4.64. The molecule has 1 saturated heterocycles. The zero-order valence-electron chi connectivity index (χ0n) is 15.9. The van der Waals surface area contributed by atoms with Gasteiger partial charge in [0.1, 0.15) is 0 Å². The van der Waals surface area contributed by atoms with E-state index in [0.717, 1.165) is 32.4 Å². The molecule has 1 atom stereocenters. The maximum Gasteiger partial charge on any atom is 0.308 e. The minimum Gasteiger partial charge on any atom is -0.469 e. The van der Waals surface area contributed by atoms with Crippen LogP contribution in [-0.2, 0) is 27.2 Å². The molecule has 1 amide bonds. The van der Waals surface area contributed by atoms with Crippen LogP contribution in [0, 0.1) is 5.92 Å². The summed E-state index contributed by atoms with van der Waals surface area (Å²) in [6.07, 6.45) is 6.40. The van der Waals surface area contributed by atoms with Crippen LogP contribution in [0.25, 0.3) is 0 Å². The molecule has 1 aliphatic carbocycles. The van der Waals surface area contributed by atoms with E-state index in [1.807, 2.05) is 6.92 Å². The fourth-order valence-corrected chi connectivity index (χ4v) is 4.09. The third-order valence-electron chi connectivity index (χ3n) is 5.74. The van der Waals surface area contributed by atoms with Gasteiger partial charge < -0.3 is 10.1 Å². The summed E-state index contributed by atoms with van der Waals surface area (Å²) in [5.41, 5.74) is 4.09. The van der Waals surface area contributed by atoms with Crippen LogP contribution in [0.15, 0.2) is 18.2 Å². The van der Waals surface area contributed by atoms with Gasteiger partial charge in [-0.1, -0.05) is 18.2 Å². The van der Waals surface area contributed by atoms with Crippen LogP contribution in [0.4, 0.5) is 0 Å². The van der Waals surface area contributed by atoms with E-state index in [1.54, 1.807) is 0 Å². The first-order valence-electron chi connectivity index (χ1n) is 9.78. The van der Waals surface area contributed by atoms with E-state index < -0.39 is 0 Å². The van der Waals surface area contributed by atoms with Gasteiger partial charge in [0.2, 0.25) is 5.91 Å². The quantitative estimate of drug-likeness (QED) is 0.822. The molecule has 2 aliphatic rings. The lowest BCUT2D eigenvalue weighted by atomic mass is 9.89. The second-order valence-electron chi connectivity index (χ2n) is 7.60. The summed E-state index contributed by atoms with van der Waals surface area (Å²) >= 11 is 0. The summed E-state index contributed by atoms with van der Waals surface area (Å²) in [7, 11) is 1.43. The number of methoxy groups -OCH3 is 1. The van der Waals surface area contributed by atoms with Gasteiger partial charge in [0.05, 0.1) is 25.6 Å². The Morgan fingerprint density at radius 1 is 1.19 bits per heavy atom. The van der Waals surface area contributed by atoms with Gasteiger partial charge in [-0.15, -0.1) is 0 Å². The zero-order chi connectivity index (χ0) is 18.5. The zero-order valence-corrected chi connectivity index (χ0v) is 15.9. The fraction of sp³-hybridized carbons (Fsp3) is 0.619. The Hall–Kier alpha value is -1.88. The van der Waals surface area contributed by atoms with Crippen LogP contribution in [-0.4, -0.2) is 43.5 Å². The number of piperidine rings is 1. The van der Waals surface area contributed by atoms with Gasteiger partial charge in [-0.2, -0.15) is 0 Å². The first-order chi connectivity index (χ1) is 12.6. The second kappa shape index (κ2) is 8.67. The van der Waals surface area contributed by atoms with Gasteiger partial charge in [0.15, 0.2) is 0 Å². The number of likely N-dealkylation sites (tertiary alicyclic amines) is 1. The first kappa shape index (κ1) is 18.9. The molecule has 1 N–H and O–H groups in total. The van der Waals surface area contributed by atoms with E-state index in [0.29, 0.717) is 6.54 Å². The lowest BCUT2D eigenvalue weighted by Crippen LogP contribution is -2.43. The van der Waals surface area contributed by atoms with Gasteiger partial charge >= 0.3 is 5.97 Å². The number of benzene rings is 1. The smallest absolute Gasteiger partial charge is 0.308 e. The van der Waals surface area contributed by atoms with Crippen molar-refractivity contribution in [3.8, 4) is 0 Å². The highest BCUT2D eigenvalue weighted by molar-refractivity contribution is 5.78. The molecule has 0 aromatic heterocycles. The molecule has 1 aromatic rings. The van der Waals surface area contributed by atoms with Crippen LogP contribution < -0.4 is 5.32 Å². The summed E-state index contributed by atoms with van der Waals surface area (Å²) in [6, 6.07) is 6.66. The number of hydrogen-bond acceptors (Lipinski definition) is 4. The molecule has 26 heavy (non-hydrogen) atoms. The molecule has 3 rings (SSSR count). The predicted molar refractivity (Wildman–Crippen MR) is 101 cm³/mol. The molecule has 0 saturated carbocycles. The van der Waals surface area contributed by atoms with Gasteiger partial charge in [-0.25, -0.2) is 0 Å². The van der Waals surface area contributed by atoms with Crippen molar-refractivity contribution in [1.29, 1.82) is 0 Å². The van der Waals surface area contributed by atoms with Gasteiger partial charge in [0, 0.05) is 0 Å². The number of aryl methyl sites for hydroxylation is 2.